The first kappa shape index (κ1) is 12.9. The second-order valence-electron chi connectivity index (χ2n) is 5.40. The van der Waals surface area contributed by atoms with Gasteiger partial charge < -0.3 is 15.8 Å². The third-order valence-corrected chi connectivity index (χ3v) is 3.89. The summed E-state index contributed by atoms with van der Waals surface area (Å²) >= 11 is 0. The molecular weight excluding hydrogens is 254 g/mol. The Morgan fingerprint density at radius 3 is 2.85 bits per heavy atom. The van der Waals surface area contributed by atoms with E-state index in [0.717, 1.165) is 54.2 Å². The number of carbonyl (C=O) groups is 1. The summed E-state index contributed by atoms with van der Waals surface area (Å²) < 4.78 is 0. The Morgan fingerprint density at radius 2 is 2.15 bits per heavy atom. The minimum absolute atomic E-state index is 0.337. The van der Waals surface area contributed by atoms with Crippen molar-refractivity contribution in [3.63, 3.8) is 0 Å². The average Bonchev–Trinajstić information content (AvgIpc) is 3.02. The highest BCUT2D eigenvalue weighted by Crippen LogP contribution is 2.35. The van der Waals surface area contributed by atoms with Crippen LogP contribution in [-0.2, 0) is 10.3 Å². The lowest BCUT2D eigenvalue weighted by molar-refractivity contribution is -0.131. The summed E-state index contributed by atoms with van der Waals surface area (Å²) in [6.07, 6.45) is 6.87. The number of H-pyrrole nitrogens is 1. The van der Waals surface area contributed by atoms with Gasteiger partial charge in [0, 0.05) is 6.08 Å². The van der Waals surface area contributed by atoms with Crippen molar-refractivity contribution in [1.82, 2.24) is 9.97 Å². The second-order valence-corrected chi connectivity index (χ2v) is 5.40. The van der Waals surface area contributed by atoms with Crippen molar-refractivity contribution in [3.8, 4) is 0 Å². The van der Waals surface area contributed by atoms with Crippen LogP contribution in [0.15, 0.2) is 24.3 Å². The van der Waals surface area contributed by atoms with Crippen LogP contribution in [0.2, 0.25) is 0 Å². The molecule has 4 N–H and O–H groups in total. The Hall–Kier alpha value is -2.14. The summed E-state index contributed by atoms with van der Waals surface area (Å²) in [5.41, 5.74) is 8.63. The van der Waals surface area contributed by atoms with Crippen LogP contribution < -0.4 is 5.73 Å². The fraction of sp³-hybridized carbons (Fsp3) is 0.333. The summed E-state index contributed by atoms with van der Waals surface area (Å²) in [5.74, 6) is -0.121. The van der Waals surface area contributed by atoms with E-state index >= 15 is 0 Å². The molecule has 3 rings (SSSR count). The number of imidazole rings is 1. The Morgan fingerprint density at radius 1 is 1.40 bits per heavy atom. The lowest BCUT2D eigenvalue weighted by atomic mass is 9.99. The molecule has 20 heavy (non-hydrogen) atoms. The van der Waals surface area contributed by atoms with Gasteiger partial charge in [-0.15, -0.1) is 0 Å². The Kier molecular flexibility index (Phi) is 3.06. The van der Waals surface area contributed by atoms with Crippen LogP contribution in [0.25, 0.3) is 17.1 Å². The molecule has 0 amide bonds. The Labute approximate surface area is 116 Å². The van der Waals surface area contributed by atoms with Gasteiger partial charge in [-0.05, 0) is 36.6 Å². The number of hydrogen-bond acceptors (Lipinski definition) is 3. The molecule has 1 saturated carbocycles. The van der Waals surface area contributed by atoms with Crippen molar-refractivity contribution in [1.29, 1.82) is 0 Å². The van der Waals surface area contributed by atoms with Crippen LogP contribution in [0.1, 0.15) is 37.1 Å². The molecule has 0 atom stereocenters. The SMILES string of the molecule is NC1(c2nc3cc(C=CC(=O)O)ccc3[nH]2)CCCC1. The predicted molar refractivity (Wildman–Crippen MR) is 77.1 cm³/mol. The van der Waals surface area contributed by atoms with Crippen molar-refractivity contribution in [3.05, 3.63) is 35.7 Å². The molecule has 1 aliphatic rings. The highest BCUT2D eigenvalue weighted by molar-refractivity contribution is 5.86. The number of carboxylic acids is 1. The molecule has 1 heterocycles. The number of fused-ring (bicyclic) bond motifs is 1. The van der Waals surface area contributed by atoms with E-state index in [9.17, 15) is 4.79 Å². The summed E-state index contributed by atoms with van der Waals surface area (Å²) in [6, 6.07) is 5.64. The fourth-order valence-corrected chi connectivity index (χ4v) is 2.77. The van der Waals surface area contributed by atoms with Gasteiger partial charge >= 0.3 is 5.97 Å². The van der Waals surface area contributed by atoms with Crippen molar-refractivity contribution in [2.24, 2.45) is 5.73 Å². The summed E-state index contributed by atoms with van der Waals surface area (Å²) in [5, 5.41) is 8.64. The van der Waals surface area contributed by atoms with Gasteiger partial charge in [-0.1, -0.05) is 18.9 Å². The van der Waals surface area contributed by atoms with Crippen LogP contribution in [0, 0.1) is 0 Å². The molecule has 0 unspecified atom stereocenters. The molecule has 0 aliphatic heterocycles. The highest BCUT2D eigenvalue weighted by atomic mass is 16.4. The van der Waals surface area contributed by atoms with E-state index in [1.54, 1.807) is 6.08 Å². The number of hydrogen-bond donors (Lipinski definition) is 3. The number of aromatic nitrogens is 2. The standard InChI is InChI=1S/C15H17N3O2/c16-15(7-1-2-8-15)14-17-11-5-3-10(4-6-13(19)20)9-12(11)18-14/h3-6,9H,1-2,7-8,16H2,(H,17,18)(H,19,20). The zero-order valence-corrected chi connectivity index (χ0v) is 11.1. The van der Waals surface area contributed by atoms with Crippen LogP contribution in [0.4, 0.5) is 0 Å². The fourth-order valence-electron chi connectivity index (χ4n) is 2.77. The van der Waals surface area contributed by atoms with E-state index < -0.39 is 5.97 Å². The number of carboxylic acid groups (broad SMARTS) is 1. The quantitative estimate of drug-likeness (QED) is 0.747. The lowest BCUT2D eigenvalue weighted by Crippen LogP contribution is -2.34. The Balaban J connectivity index is 1.97. The van der Waals surface area contributed by atoms with Gasteiger partial charge in [0.2, 0.25) is 0 Å². The zero-order chi connectivity index (χ0) is 14.2. The lowest BCUT2D eigenvalue weighted by Gasteiger charge is -2.19. The van der Waals surface area contributed by atoms with Gasteiger partial charge in [0.1, 0.15) is 5.82 Å². The van der Waals surface area contributed by atoms with E-state index in [4.69, 9.17) is 10.8 Å². The van der Waals surface area contributed by atoms with Crippen LogP contribution >= 0.6 is 0 Å². The van der Waals surface area contributed by atoms with E-state index in [1.165, 1.54) is 0 Å². The Bertz CT molecular complexity index is 681. The van der Waals surface area contributed by atoms with Gasteiger partial charge in [0.15, 0.2) is 0 Å². The minimum atomic E-state index is -0.959. The topological polar surface area (TPSA) is 92.0 Å². The average molecular weight is 271 g/mol. The van der Waals surface area contributed by atoms with Crippen molar-refractivity contribution >= 4 is 23.1 Å². The van der Waals surface area contributed by atoms with Crippen LogP contribution in [0.5, 0.6) is 0 Å². The minimum Gasteiger partial charge on any atom is -0.478 e. The van der Waals surface area contributed by atoms with E-state index in [-0.39, 0.29) is 5.54 Å². The van der Waals surface area contributed by atoms with E-state index in [0.29, 0.717) is 0 Å². The molecule has 0 saturated heterocycles. The number of rotatable bonds is 3. The highest BCUT2D eigenvalue weighted by Gasteiger charge is 2.34. The normalized spacial score (nSPS) is 18.1. The molecule has 0 radical (unpaired) electrons. The largest absolute Gasteiger partial charge is 0.478 e. The molecular formula is C15H17N3O2. The maximum Gasteiger partial charge on any atom is 0.328 e. The third kappa shape index (κ3) is 2.32. The third-order valence-electron chi connectivity index (χ3n) is 3.89. The summed E-state index contributed by atoms with van der Waals surface area (Å²) in [4.78, 5) is 18.4. The molecule has 5 heteroatoms. The van der Waals surface area contributed by atoms with E-state index in [2.05, 4.69) is 9.97 Å². The first-order valence-electron chi connectivity index (χ1n) is 6.77. The van der Waals surface area contributed by atoms with Gasteiger partial charge in [-0.3, -0.25) is 0 Å². The van der Waals surface area contributed by atoms with Gasteiger partial charge in [0.05, 0.1) is 16.6 Å². The number of aromatic amines is 1. The molecule has 5 nitrogen and oxygen atoms in total. The molecule has 104 valence electrons. The van der Waals surface area contributed by atoms with Crippen LogP contribution in [-0.4, -0.2) is 21.0 Å². The number of nitrogens with one attached hydrogen (secondary N) is 1. The maximum absolute atomic E-state index is 10.5. The number of nitrogens with two attached hydrogens (primary N) is 1. The molecule has 1 aromatic heterocycles. The molecule has 1 aromatic carbocycles. The molecule has 1 fully saturated rings. The summed E-state index contributed by atoms with van der Waals surface area (Å²) in [7, 11) is 0. The predicted octanol–water partition coefficient (Wildman–Crippen LogP) is 2.39. The van der Waals surface area contributed by atoms with Crippen molar-refractivity contribution in [2.45, 2.75) is 31.2 Å². The van der Waals surface area contributed by atoms with E-state index in [1.807, 2.05) is 18.2 Å². The monoisotopic (exact) mass is 271 g/mol. The first-order chi connectivity index (χ1) is 9.57. The van der Waals surface area contributed by atoms with Crippen molar-refractivity contribution in [2.75, 3.05) is 0 Å². The summed E-state index contributed by atoms with van der Waals surface area (Å²) in [6.45, 7) is 0. The molecule has 2 aromatic rings. The number of nitrogens with zero attached hydrogens (tertiary/aromatic N) is 1. The first-order valence-corrected chi connectivity index (χ1v) is 6.77. The van der Waals surface area contributed by atoms with Gasteiger partial charge in [-0.25, -0.2) is 9.78 Å². The van der Waals surface area contributed by atoms with Crippen molar-refractivity contribution < 1.29 is 9.90 Å². The smallest absolute Gasteiger partial charge is 0.328 e. The van der Waals surface area contributed by atoms with Crippen LogP contribution in [0.3, 0.4) is 0 Å². The second kappa shape index (κ2) is 4.76. The van der Waals surface area contributed by atoms with Gasteiger partial charge in [-0.2, -0.15) is 0 Å². The molecule has 0 bridgehead atoms. The number of benzene rings is 1. The molecule has 1 aliphatic carbocycles. The maximum atomic E-state index is 10.5. The zero-order valence-electron chi connectivity index (χ0n) is 11.1. The number of aliphatic carboxylic acids is 1. The van der Waals surface area contributed by atoms with Gasteiger partial charge in [0.25, 0.3) is 0 Å². The molecule has 0 spiro atoms.